The third kappa shape index (κ3) is 3.84. The van der Waals surface area contributed by atoms with E-state index in [9.17, 15) is 27.1 Å². The summed E-state index contributed by atoms with van der Waals surface area (Å²) in [7, 11) is 1.54. The Morgan fingerprint density at radius 2 is 1.75 bits per heavy atom. The second kappa shape index (κ2) is 9.27. The van der Waals surface area contributed by atoms with Crippen molar-refractivity contribution in [1.82, 2.24) is 4.98 Å². The summed E-state index contributed by atoms with van der Waals surface area (Å²) in [4.78, 5) is 4.36. The van der Waals surface area contributed by atoms with Crippen molar-refractivity contribution in [3.8, 4) is 5.75 Å². The van der Waals surface area contributed by atoms with Crippen molar-refractivity contribution < 1.29 is 36.3 Å². The van der Waals surface area contributed by atoms with Gasteiger partial charge in [0.25, 0.3) is 0 Å². The van der Waals surface area contributed by atoms with Crippen LogP contribution in [0.15, 0.2) is 30.5 Å². The molecule has 0 radical (unpaired) electrons. The number of pyridine rings is 1. The molecule has 3 saturated heterocycles. The number of nitrogens with zero attached hydrogens (tertiary/aromatic N) is 2. The zero-order valence-electron chi connectivity index (χ0n) is 20.1. The number of aliphatic hydroxyl groups excluding tert-OH is 1. The highest BCUT2D eigenvalue weighted by Gasteiger charge is 2.55. The molecule has 6 rings (SSSR count). The standard InChI is InChI=1S/C27H28F5N2O2/c1-3-14-12-34(13-19-22(28)24(30)26(32)25(31)23(19)29)9-7-15(14)10-21(34)27(35)17-6-8-33-20-5-4-16(36-2)11-18(17)20/h4-6,8,11,14-15,21,27,35H,3,7,9-10,12-13H2,1-2H3/q+1/t14?,15?,21?,27-,34?/m0/s1. The summed E-state index contributed by atoms with van der Waals surface area (Å²) in [5, 5.41) is 12.4. The van der Waals surface area contributed by atoms with Gasteiger partial charge >= 0.3 is 0 Å². The van der Waals surface area contributed by atoms with Gasteiger partial charge in [0, 0.05) is 30.3 Å². The number of ether oxygens (including phenoxy) is 1. The lowest BCUT2D eigenvalue weighted by Crippen LogP contribution is -2.67. The van der Waals surface area contributed by atoms with E-state index >= 15 is 0 Å². The Bertz CT molecular complexity index is 1290. The number of aliphatic hydroxyl groups is 1. The van der Waals surface area contributed by atoms with Crippen molar-refractivity contribution in [2.75, 3.05) is 20.2 Å². The van der Waals surface area contributed by atoms with Gasteiger partial charge < -0.3 is 14.3 Å². The van der Waals surface area contributed by atoms with Gasteiger partial charge in [-0.2, -0.15) is 0 Å². The molecular formula is C27H28F5N2O2+. The molecule has 0 spiro atoms. The predicted molar refractivity (Wildman–Crippen MR) is 123 cm³/mol. The van der Waals surface area contributed by atoms with E-state index in [1.807, 2.05) is 6.92 Å². The monoisotopic (exact) mass is 507 g/mol. The summed E-state index contributed by atoms with van der Waals surface area (Å²) < 4.78 is 76.8. The highest BCUT2D eigenvalue weighted by atomic mass is 19.2. The highest BCUT2D eigenvalue weighted by Crippen LogP contribution is 2.49. The van der Waals surface area contributed by atoms with Crippen LogP contribution in [0, 0.1) is 40.9 Å². The first kappa shape index (κ1) is 24.9. The second-order valence-electron chi connectivity index (χ2n) is 10.1. The number of rotatable bonds is 6. The van der Waals surface area contributed by atoms with Crippen molar-refractivity contribution in [2.45, 2.75) is 44.9 Å². The molecule has 192 valence electrons. The minimum Gasteiger partial charge on any atom is -0.497 e. The molecule has 4 nitrogen and oxygen atoms in total. The van der Waals surface area contributed by atoms with Gasteiger partial charge in [-0.25, -0.2) is 22.0 Å². The number of quaternary nitrogens is 1. The van der Waals surface area contributed by atoms with Gasteiger partial charge in [0.1, 0.15) is 24.4 Å². The van der Waals surface area contributed by atoms with E-state index in [0.29, 0.717) is 47.6 Å². The van der Waals surface area contributed by atoms with Crippen LogP contribution in [0.25, 0.3) is 10.9 Å². The van der Waals surface area contributed by atoms with Crippen LogP contribution < -0.4 is 4.74 Å². The van der Waals surface area contributed by atoms with Crippen LogP contribution in [0.3, 0.4) is 0 Å². The molecule has 36 heavy (non-hydrogen) atoms. The number of methoxy groups -OCH3 is 1. The van der Waals surface area contributed by atoms with Crippen LogP contribution in [0.2, 0.25) is 0 Å². The van der Waals surface area contributed by atoms with Crippen molar-refractivity contribution in [1.29, 1.82) is 0 Å². The largest absolute Gasteiger partial charge is 0.497 e. The number of piperidine rings is 3. The van der Waals surface area contributed by atoms with Gasteiger partial charge in [-0.3, -0.25) is 4.98 Å². The van der Waals surface area contributed by atoms with E-state index < -0.39 is 46.8 Å². The summed E-state index contributed by atoms with van der Waals surface area (Å²) in [5.74, 6) is -8.50. The summed E-state index contributed by atoms with van der Waals surface area (Å²) in [6.45, 7) is 2.63. The molecule has 2 aromatic carbocycles. The number of fused-ring (bicyclic) bond motifs is 4. The van der Waals surface area contributed by atoms with Gasteiger partial charge in [-0.1, -0.05) is 6.92 Å². The molecule has 3 aromatic rings. The van der Waals surface area contributed by atoms with Gasteiger partial charge in [-0.05, 0) is 42.2 Å². The summed E-state index contributed by atoms with van der Waals surface area (Å²) >= 11 is 0. The van der Waals surface area contributed by atoms with E-state index in [-0.39, 0.29) is 16.9 Å². The Morgan fingerprint density at radius 1 is 1.06 bits per heavy atom. The molecule has 0 amide bonds. The summed E-state index contributed by atoms with van der Waals surface area (Å²) in [5.41, 5.74) is 0.431. The Hall–Kier alpha value is -2.78. The number of hydrogen-bond donors (Lipinski definition) is 1. The fraction of sp³-hybridized carbons (Fsp3) is 0.444. The molecule has 4 heterocycles. The quantitative estimate of drug-likeness (QED) is 0.198. The van der Waals surface area contributed by atoms with Crippen LogP contribution in [0.5, 0.6) is 5.75 Å². The molecule has 2 bridgehead atoms. The normalized spacial score (nSPS) is 26.4. The molecule has 0 saturated carbocycles. The molecule has 9 heteroatoms. The lowest BCUT2D eigenvalue weighted by Gasteiger charge is -2.58. The van der Waals surface area contributed by atoms with Crippen molar-refractivity contribution in [2.24, 2.45) is 11.8 Å². The Morgan fingerprint density at radius 3 is 2.42 bits per heavy atom. The summed E-state index contributed by atoms with van der Waals surface area (Å²) in [6.07, 6.45) is 2.74. The highest BCUT2D eigenvalue weighted by molar-refractivity contribution is 5.83. The van der Waals surface area contributed by atoms with Gasteiger partial charge in [0.15, 0.2) is 23.3 Å². The van der Waals surface area contributed by atoms with Crippen LogP contribution in [0.4, 0.5) is 22.0 Å². The third-order valence-electron chi connectivity index (χ3n) is 8.42. The number of halogens is 5. The molecule has 1 aromatic heterocycles. The first-order chi connectivity index (χ1) is 17.2. The molecular weight excluding hydrogens is 479 g/mol. The van der Waals surface area contributed by atoms with Crippen molar-refractivity contribution in [3.63, 3.8) is 0 Å². The van der Waals surface area contributed by atoms with Crippen LogP contribution >= 0.6 is 0 Å². The lowest BCUT2D eigenvalue weighted by molar-refractivity contribution is -0.986. The Balaban J connectivity index is 1.61. The van der Waals surface area contributed by atoms with Gasteiger partial charge in [0.05, 0.1) is 31.3 Å². The molecule has 5 atom stereocenters. The van der Waals surface area contributed by atoms with E-state index in [0.717, 1.165) is 12.8 Å². The minimum atomic E-state index is -2.16. The molecule has 3 aliphatic rings. The topological polar surface area (TPSA) is 42.4 Å². The maximum Gasteiger partial charge on any atom is 0.200 e. The smallest absolute Gasteiger partial charge is 0.200 e. The lowest BCUT2D eigenvalue weighted by atomic mass is 9.70. The van der Waals surface area contributed by atoms with Gasteiger partial charge in [0.2, 0.25) is 5.82 Å². The number of hydrogen-bond acceptors (Lipinski definition) is 3. The van der Waals surface area contributed by atoms with Crippen LogP contribution in [0.1, 0.15) is 43.4 Å². The summed E-state index contributed by atoms with van der Waals surface area (Å²) in [6, 6.07) is 6.55. The maximum absolute atomic E-state index is 14.8. The molecule has 3 fully saturated rings. The first-order valence-corrected chi connectivity index (χ1v) is 12.2. The van der Waals surface area contributed by atoms with E-state index in [2.05, 4.69) is 4.98 Å². The predicted octanol–water partition coefficient (Wildman–Crippen LogP) is 5.81. The average Bonchev–Trinajstić information content (AvgIpc) is 2.92. The minimum absolute atomic E-state index is 0.0578. The van der Waals surface area contributed by atoms with Crippen LogP contribution in [-0.2, 0) is 6.54 Å². The molecule has 4 unspecified atom stereocenters. The number of aromatic nitrogens is 1. The average molecular weight is 508 g/mol. The molecule has 3 aliphatic heterocycles. The SMILES string of the molecule is CCC1C[N+]2(Cc3c(F)c(F)c(F)c(F)c3F)CCC1CC2[C@@H](O)c1ccnc2ccc(OC)cc12. The number of benzene rings is 2. The zero-order chi connectivity index (χ0) is 25.8. The van der Waals surface area contributed by atoms with Crippen LogP contribution in [-0.4, -0.2) is 40.8 Å². The van der Waals surface area contributed by atoms with Crippen molar-refractivity contribution in [3.05, 3.63) is 70.7 Å². The van der Waals surface area contributed by atoms with E-state index in [1.165, 1.54) is 7.11 Å². The second-order valence-corrected chi connectivity index (χ2v) is 10.1. The molecule has 0 aliphatic carbocycles. The first-order valence-electron chi connectivity index (χ1n) is 12.2. The van der Waals surface area contributed by atoms with E-state index in [4.69, 9.17) is 4.74 Å². The molecule has 1 N–H and O–H groups in total. The van der Waals surface area contributed by atoms with Crippen molar-refractivity contribution >= 4 is 10.9 Å². The Labute approximate surface area is 205 Å². The van der Waals surface area contributed by atoms with Gasteiger partial charge in [-0.15, -0.1) is 0 Å². The zero-order valence-corrected chi connectivity index (χ0v) is 20.1. The third-order valence-corrected chi connectivity index (χ3v) is 8.42. The fourth-order valence-corrected chi connectivity index (χ4v) is 6.51. The fourth-order valence-electron chi connectivity index (χ4n) is 6.51. The maximum atomic E-state index is 14.8. The Kier molecular flexibility index (Phi) is 6.41. The van der Waals surface area contributed by atoms with E-state index in [1.54, 1.807) is 30.5 Å².